The molecule has 0 saturated heterocycles. The monoisotopic (exact) mass is 274 g/mol. The van der Waals surface area contributed by atoms with Crippen LogP contribution in [0.5, 0.6) is 0 Å². The van der Waals surface area contributed by atoms with Gasteiger partial charge in [0.05, 0.1) is 24.0 Å². The number of nitrogens with zero attached hydrogens (tertiary/aromatic N) is 1. The van der Waals surface area contributed by atoms with Crippen molar-refractivity contribution in [3.8, 4) is 0 Å². The lowest BCUT2D eigenvalue weighted by Gasteiger charge is -2.20. The fourth-order valence-corrected chi connectivity index (χ4v) is 3.56. The number of fused-ring (bicyclic) bond motifs is 2. The number of hydrogen-bond donors (Lipinski definition) is 2. The van der Waals surface area contributed by atoms with Gasteiger partial charge in [0.1, 0.15) is 0 Å². The largest absolute Gasteiger partial charge is 0.481 e. The summed E-state index contributed by atoms with van der Waals surface area (Å²) >= 11 is 0. The Morgan fingerprint density at radius 3 is 2.70 bits per heavy atom. The van der Waals surface area contributed by atoms with Crippen LogP contribution >= 0.6 is 0 Å². The summed E-state index contributed by atoms with van der Waals surface area (Å²) in [5.41, 5.74) is 1.14. The maximum atomic E-state index is 12.2. The molecule has 1 amide bonds. The number of aliphatic carboxylic acids is 1. The lowest BCUT2D eigenvalue weighted by atomic mass is 9.88. The van der Waals surface area contributed by atoms with E-state index in [0.717, 1.165) is 12.3 Å². The predicted octanol–water partition coefficient (Wildman–Crippen LogP) is 2.08. The molecular formula is C15H18N2O3. The van der Waals surface area contributed by atoms with Crippen molar-refractivity contribution in [2.45, 2.75) is 32.1 Å². The fourth-order valence-electron chi connectivity index (χ4n) is 3.56. The zero-order chi connectivity index (χ0) is 14.1. The van der Waals surface area contributed by atoms with E-state index >= 15 is 0 Å². The second-order valence-electron chi connectivity index (χ2n) is 5.88. The number of hydrogen-bond acceptors (Lipinski definition) is 3. The predicted molar refractivity (Wildman–Crippen MR) is 73.1 cm³/mol. The van der Waals surface area contributed by atoms with E-state index in [1.54, 1.807) is 12.1 Å². The molecule has 2 fully saturated rings. The maximum absolute atomic E-state index is 12.2. The van der Waals surface area contributed by atoms with Gasteiger partial charge in [-0.2, -0.15) is 0 Å². The molecule has 3 atom stereocenters. The molecule has 0 spiro atoms. The van der Waals surface area contributed by atoms with Crippen molar-refractivity contribution in [3.05, 3.63) is 24.0 Å². The Balaban J connectivity index is 1.60. The van der Waals surface area contributed by atoms with Crippen LogP contribution in [0.1, 0.15) is 31.4 Å². The van der Waals surface area contributed by atoms with Gasteiger partial charge >= 0.3 is 5.97 Å². The molecule has 5 heteroatoms. The molecule has 0 aromatic carbocycles. The number of carbonyl (C=O) groups is 2. The number of carboxylic acid groups (broad SMARTS) is 1. The molecular weight excluding hydrogens is 256 g/mol. The topological polar surface area (TPSA) is 79.3 Å². The van der Waals surface area contributed by atoms with E-state index in [2.05, 4.69) is 10.3 Å². The standard InChI is InChI=1S/C15H18N2O3/c18-14(19)7-11-3-4-12(8-16-11)17-15(20)13-6-9-1-2-10(13)5-9/h3-4,8-10,13H,1-2,5-7H2,(H,17,20)(H,18,19). The zero-order valence-electron chi connectivity index (χ0n) is 11.2. The number of amides is 1. The zero-order valence-corrected chi connectivity index (χ0v) is 11.2. The normalized spacial score (nSPS) is 27.5. The summed E-state index contributed by atoms with van der Waals surface area (Å²) in [6.07, 6.45) is 6.11. The van der Waals surface area contributed by atoms with E-state index < -0.39 is 5.97 Å². The lowest BCUT2D eigenvalue weighted by molar-refractivity contribution is -0.136. The molecule has 2 N–H and O–H groups in total. The smallest absolute Gasteiger partial charge is 0.309 e. The van der Waals surface area contributed by atoms with Crippen molar-refractivity contribution in [1.82, 2.24) is 4.98 Å². The first-order valence-electron chi connectivity index (χ1n) is 7.09. The Morgan fingerprint density at radius 1 is 1.30 bits per heavy atom. The van der Waals surface area contributed by atoms with Crippen molar-refractivity contribution in [1.29, 1.82) is 0 Å². The highest BCUT2D eigenvalue weighted by atomic mass is 16.4. The highest BCUT2D eigenvalue weighted by molar-refractivity contribution is 5.92. The van der Waals surface area contributed by atoms with Crippen molar-refractivity contribution < 1.29 is 14.7 Å². The molecule has 1 aromatic rings. The quantitative estimate of drug-likeness (QED) is 0.881. The van der Waals surface area contributed by atoms with Gasteiger partial charge in [0.15, 0.2) is 0 Å². The SMILES string of the molecule is O=C(O)Cc1ccc(NC(=O)C2CC3CCC2C3)cn1. The van der Waals surface area contributed by atoms with Gasteiger partial charge in [0.2, 0.25) is 5.91 Å². The molecule has 1 heterocycles. The summed E-state index contributed by atoms with van der Waals surface area (Å²) in [4.78, 5) is 26.9. The van der Waals surface area contributed by atoms with Crippen LogP contribution in [0.25, 0.3) is 0 Å². The van der Waals surface area contributed by atoms with Crippen molar-refractivity contribution in [2.24, 2.45) is 17.8 Å². The second kappa shape index (κ2) is 5.23. The average Bonchev–Trinajstić information content (AvgIpc) is 3.03. The molecule has 3 unspecified atom stereocenters. The maximum Gasteiger partial charge on any atom is 0.309 e. The Kier molecular flexibility index (Phi) is 3.42. The number of carboxylic acids is 1. The van der Waals surface area contributed by atoms with Crippen molar-refractivity contribution >= 4 is 17.6 Å². The van der Waals surface area contributed by atoms with Crippen LogP contribution in [0.4, 0.5) is 5.69 Å². The molecule has 0 aliphatic heterocycles. The van der Waals surface area contributed by atoms with E-state index in [1.807, 2.05) is 0 Å². The summed E-state index contributed by atoms with van der Waals surface area (Å²) in [5, 5.41) is 11.6. The molecule has 2 saturated carbocycles. The van der Waals surface area contributed by atoms with Crippen molar-refractivity contribution in [2.75, 3.05) is 5.32 Å². The summed E-state index contributed by atoms with van der Waals surface area (Å²) < 4.78 is 0. The summed E-state index contributed by atoms with van der Waals surface area (Å²) in [7, 11) is 0. The number of anilines is 1. The molecule has 2 bridgehead atoms. The Labute approximate surface area is 117 Å². The molecule has 5 nitrogen and oxygen atoms in total. The van der Waals surface area contributed by atoms with Crippen LogP contribution in [0, 0.1) is 17.8 Å². The Hall–Kier alpha value is -1.91. The van der Waals surface area contributed by atoms with Crippen LogP contribution in [0.15, 0.2) is 18.3 Å². The van der Waals surface area contributed by atoms with Gasteiger partial charge in [-0.05, 0) is 43.2 Å². The highest BCUT2D eigenvalue weighted by Crippen LogP contribution is 2.48. The number of nitrogens with one attached hydrogen (secondary N) is 1. The average molecular weight is 274 g/mol. The van der Waals surface area contributed by atoms with Crippen molar-refractivity contribution in [3.63, 3.8) is 0 Å². The summed E-state index contributed by atoms with van der Waals surface area (Å²) in [6, 6.07) is 3.36. The van der Waals surface area contributed by atoms with Gasteiger partial charge < -0.3 is 10.4 Å². The van der Waals surface area contributed by atoms with Crippen LogP contribution in [0.2, 0.25) is 0 Å². The third-order valence-corrected chi connectivity index (χ3v) is 4.50. The summed E-state index contributed by atoms with van der Waals surface area (Å²) in [5.74, 6) is 0.625. The number of aromatic nitrogens is 1. The third-order valence-electron chi connectivity index (χ3n) is 4.50. The number of pyridine rings is 1. The first-order chi connectivity index (χ1) is 9.61. The van der Waals surface area contributed by atoms with Crippen LogP contribution in [0.3, 0.4) is 0 Å². The van der Waals surface area contributed by atoms with E-state index in [9.17, 15) is 9.59 Å². The number of carbonyl (C=O) groups excluding carboxylic acids is 1. The number of rotatable bonds is 4. The minimum absolute atomic E-state index is 0.0879. The van der Waals surface area contributed by atoms with Gasteiger partial charge in [-0.1, -0.05) is 6.42 Å². The molecule has 3 rings (SSSR count). The molecule has 106 valence electrons. The molecule has 1 aromatic heterocycles. The first kappa shape index (κ1) is 13.1. The first-order valence-corrected chi connectivity index (χ1v) is 7.09. The minimum Gasteiger partial charge on any atom is -0.481 e. The van der Waals surface area contributed by atoms with E-state index in [4.69, 9.17) is 5.11 Å². The summed E-state index contributed by atoms with van der Waals surface area (Å²) in [6.45, 7) is 0. The molecule has 0 radical (unpaired) electrons. The molecule has 2 aliphatic carbocycles. The van der Waals surface area contributed by atoms with Gasteiger partial charge in [-0.3, -0.25) is 14.6 Å². The lowest BCUT2D eigenvalue weighted by Crippen LogP contribution is -2.27. The molecule has 2 aliphatic rings. The van der Waals surface area contributed by atoms with Gasteiger partial charge in [-0.25, -0.2) is 0 Å². The van der Waals surface area contributed by atoms with E-state index in [-0.39, 0.29) is 18.2 Å². The Morgan fingerprint density at radius 2 is 2.15 bits per heavy atom. The highest BCUT2D eigenvalue weighted by Gasteiger charge is 2.42. The van der Waals surface area contributed by atoms with Gasteiger partial charge in [-0.15, -0.1) is 0 Å². The van der Waals surface area contributed by atoms with Gasteiger partial charge in [0, 0.05) is 5.92 Å². The molecule has 20 heavy (non-hydrogen) atoms. The fraction of sp³-hybridized carbons (Fsp3) is 0.533. The minimum atomic E-state index is -0.906. The van der Waals surface area contributed by atoms with Crippen LogP contribution in [-0.2, 0) is 16.0 Å². The third kappa shape index (κ3) is 2.66. The van der Waals surface area contributed by atoms with E-state index in [0.29, 0.717) is 17.3 Å². The Bertz CT molecular complexity index is 526. The van der Waals surface area contributed by atoms with Crippen LogP contribution < -0.4 is 5.32 Å². The van der Waals surface area contributed by atoms with E-state index in [1.165, 1.54) is 25.5 Å². The van der Waals surface area contributed by atoms with Crippen LogP contribution in [-0.4, -0.2) is 22.0 Å². The van der Waals surface area contributed by atoms with Gasteiger partial charge in [0.25, 0.3) is 0 Å². The second-order valence-corrected chi connectivity index (χ2v) is 5.88.